The maximum Gasteiger partial charge on any atom is 0.324 e. The molecule has 1 saturated heterocycles. The monoisotopic (exact) mass is 397 g/mol. The summed E-state index contributed by atoms with van der Waals surface area (Å²) in [7, 11) is 1.79. The zero-order valence-electron chi connectivity index (χ0n) is 16.4. The number of aromatic amines is 1. The van der Waals surface area contributed by atoms with Crippen molar-refractivity contribution in [1.82, 2.24) is 19.9 Å². The van der Waals surface area contributed by atoms with Crippen molar-refractivity contribution >= 4 is 22.6 Å². The Kier molecular flexibility index (Phi) is 4.28. The molecule has 1 fully saturated rings. The molecule has 7 heteroatoms. The largest absolute Gasteiger partial charge is 0.329 e. The van der Waals surface area contributed by atoms with Gasteiger partial charge in [-0.2, -0.15) is 0 Å². The Balaban J connectivity index is 1.74. The lowest BCUT2D eigenvalue weighted by molar-refractivity contribution is 0.229. The van der Waals surface area contributed by atoms with Gasteiger partial charge in [-0.05, 0) is 42.5 Å². The number of likely N-dealkylation sites (N-methyl/N-ethyl adjacent to an activating group) is 1. The van der Waals surface area contributed by atoms with Gasteiger partial charge < -0.3 is 9.88 Å². The van der Waals surface area contributed by atoms with Crippen LogP contribution in [-0.4, -0.2) is 46.0 Å². The summed E-state index contributed by atoms with van der Waals surface area (Å²) in [5.74, 6) is 0. The highest BCUT2D eigenvalue weighted by Gasteiger charge is 2.27. The quantitative estimate of drug-likeness (QED) is 0.573. The first-order valence-electron chi connectivity index (χ1n) is 9.69. The molecule has 7 nitrogen and oxygen atoms in total. The van der Waals surface area contributed by atoms with Crippen LogP contribution < -0.4 is 10.5 Å². The van der Waals surface area contributed by atoms with E-state index in [2.05, 4.69) is 9.97 Å². The Bertz CT molecular complexity index is 1320. The van der Waals surface area contributed by atoms with Crippen molar-refractivity contribution in [2.75, 3.05) is 25.0 Å². The third kappa shape index (κ3) is 3.00. The van der Waals surface area contributed by atoms with Crippen molar-refractivity contribution in [3.63, 3.8) is 0 Å². The number of carbonyl (C=O) groups is 1. The van der Waals surface area contributed by atoms with Gasteiger partial charge in [-0.1, -0.05) is 12.1 Å². The number of anilines is 1. The van der Waals surface area contributed by atoms with Crippen molar-refractivity contribution in [3.05, 3.63) is 77.3 Å². The van der Waals surface area contributed by atoms with Crippen molar-refractivity contribution in [3.8, 4) is 22.5 Å². The lowest BCUT2D eigenvalue weighted by atomic mass is 10.0. The van der Waals surface area contributed by atoms with E-state index in [-0.39, 0.29) is 11.6 Å². The third-order valence-electron chi connectivity index (χ3n) is 5.36. The molecule has 1 aromatic carbocycles. The van der Waals surface area contributed by atoms with Gasteiger partial charge in [0, 0.05) is 49.2 Å². The molecule has 0 unspecified atom stereocenters. The first-order valence-corrected chi connectivity index (χ1v) is 9.69. The smallest absolute Gasteiger partial charge is 0.324 e. The average Bonchev–Trinajstić information content (AvgIpc) is 3.12. The van der Waals surface area contributed by atoms with Crippen LogP contribution in [-0.2, 0) is 0 Å². The predicted molar refractivity (Wildman–Crippen MR) is 116 cm³/mol. The van der Waals surface area contributed by atoms with Gasteiger partial charge in [0.2, 0.25) is 0 Å². The first kappa shape index (κ1) is 18.1. The van der Waals surface area contributed by atoms with E-state index in [1.807, 2.05) is 42.5 Å². The van der Waals surface area contributed by atoms with Gasteiger partial charge in [0.25, 0.3) is 5.56 Å². The molecule has 1 aliphatic heterocycles. The van der Waals surface area contributed by atoms with Gasteiger partial charge in [0.1, 0.15) is 0 Å². The number of rotatable bonds is 3. The summed E-state index contributed by atoms with van der Waals surface area (Å²) in [5, 5.41) is 0.911. The number of nitrogens with one attached hydrogen (secondary N) is 1. The summed E-state index contributed by atoms with van der Waals surface area (Å²) in [6.45, 7) is 1.31. The number of fused-ring (bicyclic) bond motifs is 1. The van der Waals surface area contributed by atoms with E-state index in [1.165, 1.54) is 0 Å². The number of nitrogens with zero attached hydrogens (tertiary/aromatic N) is 4. The molecule has 148 valence electrons. The number of hydrogen-bond donors (Lipinski definition) is 1. The zero-order chi connectivity index (χ0) is 20.7. The van der Waals surface area contributed by atoms with Crippen LogP contribution in [0.2, 0.25) is 0 Å². The minimum atomic E-state index is -0.205. The third-order valence-corrected chi connectivity index (χ3v) is 5.36. The van der Waals surface area contributed by atoms with E-state index in [1.54, 1.807) is 41.4 Å². The molecule has 0 saturated carbocycles. The molecule has 30 heavy (non-hydrogen) atoms. The highest BCUT2D eigenvalue weighted by molar-refractivity contribution is 6.00. The number of amides is 2. The van der Waals surface area contributed by atoms with Crippen LogP contribution in [0.5, 0.6) is 0 Å². The maximum absolute atomic E-state index is 12.4. The fourth-order valence-corrected chi connectivity index (χ4v) is 3.77. The van der Waals surface area contributed by atoms with E-state index in [4.69, 9.17) is 4.98 Å². The molecule has 1 N–H and O–H groups in total. The predicted octanol–water partition coefficient (Wildman–Crippen LogP) is 3.52. The van der Waals surface area contributed by atoms with E-state index in [0.29, 0.717) is 29.9 Å². The average molecular weight is 397 g/mol. The summed E-state index contributed by atoms with van der Waals surface area (Å²) in [4.78, 5) is 40.2. The molecule has 4 heterocycles. The molecule has 3 aromatic heterocycles. The lowest BCUT2D eigenvalue weighted by Crippen LogP contribution is -2.29. The van der Waals surface area contributed by atoms with Crippen molar-refractivity contribution in [2.24, 2.45) is 0 Å². The Morgan fingerprint density at radius 2 is 1.83 bits per heavy atom. The molecular formula is C23H19N5O2. The summed E-state index contributed by atoms with van der Waals surface area (Å²) in [5.41, 5.74) is 4.01. The summed E-state index contributed by atoms with van der Waals surface area (Å²) < 4.78 is 0. The summed E-state index contributed by atoms with van der Waals surface area (Å²) in [6.07, 6.45) is 3.34. The summed E-state index contributed by atoms with van der Waals surface area (Å²) >= 11 is 0. The topological polar surface area (TPSA) is 82.2 Å². The second-order valence-electron chi connectivity index (χ2n) is 7.24. The fraction of sp³-hybridized carbons (Fsp3) is 0.130. The second kappa shape index (κ2) is 7.11. The Labute approximate surface area is 172 Å². The molecule has 5 rings (SSSR count). The highest BCUT2D eigenvalue weighted by atomic mass is 16.2. The highest BCUT2D eigenvalue weighted by Crippen LogP contribution is 2.33. The van der Waals surface area contributed by atoms with Gasteiger partial charge in [-0.15, -0.1) is 0 Å². The van der Waals surface area contributed by atoms with E-state index >= 15 is 0 Å². The molecule has 0 bridgehead atoms. The van der Waals surface area contributed by atoms with Crippen LogP contribution in [0.4, 0.5) is 10.5 Å². The molecule has 2 amide bonds. The van der Waals surface area contributed by atoms with E-state index < -0.39 is 0 Å². The lowest BCUT2D eigenvalue weighted by Gasteiger charge is -2.17. The van der Waals surface area contributed by atoms with Gasteiger partial charge in [0.15, 0.2) is 0 Å². The van der Waals surface area contributed by atoms with Crippen LogP contribution in [0.15, 0.2) is 71.8 Å². The Morgan fingerprint density at radius 1 is 0.933 bits per heavy atom. The number of urea groups is 1. The van der Waals surface area contributed by atoms with Gasteiger partial charge in [-0.3, -0.25) is 14.7 Å². The van der Waals surface area contributed by atoms with Gasteiger partial charge in [0.05, 0.1) is 22.5 Å². The molecular weight excluding hydrogens is 378 g/mol. The second-order valence-corrected chi connectivity index (χ2v) is 7.24. The number of H-pyrrole nitrogens is 1. The van der Waals surface area contributed by atoms with E-state index in [9.17, 15) is 9.59 Å². The standard InChI is InChI=1S/C23H19N5O2/c1-27-11-12-28(23(27)30)15-7-8-16-18(19-6-2-3-9-24-19)14-21(26-20(16)13-15)17-5-4-10-25-22(17)29/h2-10,13-14H,11-12H2,1H3,(H,25,29). The Hall–Kier alpha value is -4.00. The molecule has 0 radical (unpaired) electrons. The van der Waals surface area contributed by atoms with Crippen molar-refractivity contribution in [2.45, 2.75) is 0 Å². The number of carbonyl (C=O) groups excluding carboxylic acids is 1. The minimum Gasteiger partial charge on any atom is -0.329 e. The molecule has 0 aliphatic carbocycles. The van der Waals surface area contributed by atoms with Crippen LogP contribution in [0.1, 0.15) is 0 Å². The van der Waals surface area contributed by atoms with Crippen molar-refractivity contribution in [1.29, 1.82) is 0 Å². The number of benzene rings is 1. The molecule has 0 spiro atoms. The van der Waals surface area contributed by atoms with Gasteiger partial charge in [-0.25, -0.2) is 9.78 Å². The van der Waals surface area contributed by atoms with Crippen molar-refractivity contribution < 1.29 is 4.79 Å². The van der Waals surface area contributed by atoms with Crippen LogP contribution in [0.25, 0.3) is 33.4 Å². The Morgan fingerprint density at radius 3 is 2.57 bits per heavy atom. The first-order chi connectivity index (χ1) is 14.6. The van der Waals surface area contributed by atoms with E-state index in [0.717, 1.165) is 22.3 Å². The van der Waals surface area contributed by atoms with Crippen LogP contribution in [0.3, 0.4) is 0 Å². The SMILES string of the molecule is CN1CCN(c2ccc3c(-c4ccccn4)cc(-c4ccc[nH]c4=O)nc3c2)C1=O. The van der Waals surface area contributed by atoms with Gasteiger partial charge >= 0.3 is 6.03 Å². The maximum atomic E-state index is 12.4. The fourth-order valence-electron chi connectivity index (χ4n) is 3.77. The number of pyridine rings is 3. The number of aromatic nitrogens is 3. The van der Waals surface area contributed by atoms with Crippen LogP contribution in [0, 0.1) is 0 Å². The normalized spacial score (nSPS) is 14.0. The minimum absolute atomic E-state index is 0.0324. The number of hydrogen-bond acceptors (Lipinski definition) is 4. The molecule has 1 aliphatic rings. The zero-order valence-corrected chi connectivity index (χ0v) is 16.4. The molecule has 0 atom stereocenters. The summed E-state index contributed by atoms with van der Waals surface area (Å²) in [6, 6.07) is 16.9. The molecule has 4 aromatic rings. The van der Waals surface area contributed by atoms with Crippen LogP contribution >= 0.6 is 0 Å².